The van der Waals surface area contributed by atoms with E-state index >= 15 is 0 Å². The lowest BCUT2D eigenvalue weighted by Gasteiger charge is -2.20. The van der Waals surface area contributed by atoms with Gasteiger partial charge in [0.15, 0.2) is 0 Å². The van der Waals surface area contributed by atoms with E-state index in [1.165, 1.54) is 0 Å². The Hall–Kier alpha value is -1.91. The molecule has 1 N–H and O–H groups in total. The van der Waals surface area contributed by atoms with Crippen molar-refractivity contribution in [3.8, 4) is 0 Å². The molecule has 4 heteroatoms. The summed E-state index contributed by atoms with van der Waals surface area (Å²) in [6, 6.07) is 7.40. The number of carbonyl (C=O) groups is 1. The van der Waals surface area contributed by atoms with Gasteiger partial charge in [-0.3, -0.25) is 4.89 Å². The van der Waals surface area contributed by atoms with Crippen LogP contribution in [-0.2, 0) is 14.7 Å². The van der Waals surface area contributed by atoms with Gasteiger partial charge in [-0.25, -0.2) is 10.1 Å². The Bertz CT molecular complexity index is 462. The van der Waals surface area contributed by atoms with Gasteiger partial charge in [0, 0.05) is 0 Å². The fraction of sp³-hybridized carbons (Fsp3) is 0.0833. The summed E-state index contributed by atoms with van der Waals surface area (Å²) in [5, 5.41) is 11.5. The Labute approximate surface area is 92.3 Å². The molecule has 2 rings (SSSR count). The van der Waals surface area contributed by atoms with Gasteiger partial charge in [-0.1, -0.05) is 43.0 Å². The summed E-state index contributed by atoms with van der Waals surface area (Å²) < 4.78 is 0. The molecule has 82 valence electrons. The largest absolute Gasteiger partial charge is 0.357 e. The summed E-state index contributed by atoms with van der Waals surface area (Å²) in [7, 11) is 0. The van der Waals surface area contributed by atoms with Crippen molar-refractivity contribution < 1.29 is 20.0 Å². The molecule has 0 bridgehead atoms. The Balaban J connectivity index is 2.41. The zero-order valence-electron chi connectivity index (χ0n) is 8.42. The fourth-order valence-corrected chi connectivity index (χ4v) is 1.78. The van der Waals surface area contributed by atoms with Crippen molar-refractivity contribution in [3.05, 3.63) is 53.6 Å². The van der Waals surface area contributed by atoms with Crippen molar-refractivity contribution in [2.75, 3.05) is 0 Å². The molecule has 1 aliphatic carbocycles. The molecule has 0 saturated carbocycles. The highest BCUT2D eigenvalue weighted by Gasteiger charge is 2.29. The molecule has 1 aliphatic rings. The lowest BCUT2D eigenvalue weighted by Crippen LogP contribution is -2.19. The van der Waals surface area contributed by atoms with Crippen LogP contribution in [-0.4, -0.2) is 11.2 Å². The molecule has 0 heterocycles. The van der Waals surface area contributed by atoms with Gasteiger partial charge in [0.2, 0.25) is 0 Å². The SMILES string of the molecule is C=C1C=Cc2ccccc2C1C(=O)OOO. The molecule has 0 amide bonds. The van der Waals surface area contributed by atoms with Crippen LogP contribution in [0.3, 0.4) is 0 Å². The van der Waals surface area contributed by atoms with Crippen molar-refractivity contribution in [3.63, 3.8) is 0 Å². The second kappa shape index (κ2) is 4.30. The first kappa shape index (κ1) is 10.6. The van der Waals surface area contributed by atoms with Crippen LogP contribution in [0.25, 0.3) is 6.08 Å². The van der Waals surface area contributed by atoms with Gasteiger partial charge < -0.3 is 0 Å². The summed E-state index contributed by atoms with van der Waals surface area (Å²) in [5.41, 5.74) is 2.31. The standard InChI is InChI=1S/C12H10O4/c1-8-6-7-9-4-2-3-5-10(9)11(8)12(13)15-16-14/h2-7,11,14H,1H2. The lowest BCUT2D eigenvalue weighted by atomic mass is 9.84. The highest BCUT2D eigenvalue weighted by molar-refractivity contribution is 5.86. The third-order valence-electron chi connectivity index (χ3n) is 2.51. The smallest absolute Gasteiger partial charge is 0.268 e. The molecule has 0 saturated heterocycles. The minimum Gasteiger partial charge on any atom is -0.268 e. The van der Waals surface area contributed by atoms with Gasteiger partial charge in [-0.05, 0) is 21.7 Å². The number of rotatable bonds is 2. The highest BCUT2D eigenvalue weighted by atomic mass is 17.5. The van der Waals surface area contributed by atoms with Gasteiger partial charge in [0.25, 0.3) is 0 Å². The number of benzene rings is 1. The Morgan fingerprint density at radius 1 is 1.31 bits per heavy atom. The van der Waals surface area contributed by atoms with Gasteiger partial charge in [0.05, 0.1) is 0 Å². The highest BCUT2D eigenvalue weighted by Crippen LogP contribution is 2.33. The maximum atomic E-state index is 11.6. The molecular formula is C12H10O4. The Kier molecular flexibility index (Phi) is 2.85. The normalized spacial score (nSPS) is 18.1. The second-order valence-corrected chi connectivity index (χ2v) is 3.45. The van der Waals surface area contributed by atoms with Crippen molar-refractivity contribution in [1.29, 1.82) is 0 Å². The lowest BCUT2D eigenvalue weighted by molar-refractivity contribution is -0.462. The van der Waals surface area contributed by atoms with Crippen LogP contribution in [0.5, 0.6) is 0 Å². The average molecular weight is 218 g/mol. The quantitative estimate of drug-likeness (QED) is 0.611. The van der Waals surface area contributed by atoms with Crippen LogP contribution >= 0.6 is 0 Å². The van der Waals surface area contributed by atoms with Crippen molar-refractivity contribution in [1.82, 2.24) is 0 Å². The molecule has 0 aromatic heterocycles. The van der Waals surface area contributed by atoms with E-state index in [2.05, 4.69) is 16.5 Å². The minimum absolute atomic E-state index is 0.598. The maximum Gasteiger partial charge on any atom is 0.357 e. The molecule has 4 nitrogen and oxygen atoms in total. The molecule has 1 unspecified atom stereocenters. The number of hydrogen-bond acceptors (Lipinski definition) is 4. The van der Waals surface area contributed by atoms with Gasteiger partial charge in [0.1, 0.15) is 5.92 Å². The van der Waals surface area contributed by atoms with Crippen molar-refractivity contribution in [2.24, 2.45) is 0 Å². The van der Waals surface area contributed by atoms with Crippen LogP contribution in [0.4, 0.5) is 0 Å². The van der Waals surface area contributed by atoms with Crippen molar-refractivity contribution >= 4 is 12.0 Å². The molecule has 0 fully saturated rings. The summed E-state index contributed by atoms with van der Waals surface area (Å²) >= 11 is 0. The number of carbonyl (C=O) groups excluding carboxylic acids is 1. The summed E-state index contributed by atoms with van der Waals surface area (Å²) in [6.07, 6.45) is 3.62. The minimum atomic E-state index is -0.690. The Morgan fingerprint density at radius 2 is 2.06 bits per heavy atom. The third kappa shape index (κ3) is 1.76. The van der Waals surface area contributed by atoms with E-state index in [4.69, 9.17) is 5.26 Å². The predicted molar refractivity (Wildman–Crippen MR) is 57.2 cm³/mol. The summed E-state index contributed by atoms with van der Waals surface area (Å²) in [5.74, 6) is -1.32. The van der Waals surface area contributed by atoms with E-state index in [9.17, 15) is 4.79 Å². The van der Waals surface area contributed by atoms with Gasteiger partial charge >= 0.3 is 5.97 Å². The summed E-state index contributed by atoms with van der Waals surface area (Å²) in [4.78, 5) is 15.7. The third-order valence-corrected chi connectivity index (χ3v) is 2.51. The topological polar surface area (TPSA) is 55.8 Å². The zero-order chi connectivity index (χ0) is 11.5. The molecule has 1 atom stereocenters. The number of hydrogen-bond donors (Lipinski definition) is 1. The van der Waals surface area contributed by atoms with E-state index in [-0.39, 0.29) is 0 Å². The molecular weight excluding hydrogens is 208 g/mol. The van der Waals surface area contributed by atoms with E-state index in [1.54, 1.807) is 6.08 Å². The Morgan fingerprint density at radius 3 is 2.81 bits per heavy atom. The number of allylic oxidation sites excluding steroid dienone is 1. The van der Waals surface area contributed by atoms with Crippen LogP contribution < -0.4 is 0 Å². The summed E-state index contributed by atoms with van der Waals surface area (Å²) in [6.45, 7) is 3.77. The average Bonchev–Trinajstić information content (AvgIpc) is 2.29. The monoisotopic (exact) mass is 218 g/mol. The van der Waals surface area contributed by atoms with E-state index in [1.807, 2.05) is 30.3 Å². The van der Waals surface area contributed by atoms with Gasteiger partial charge in [-0.2, -0.15) is 0 Å². The van der Waals surface area contributed by atoms with Crippen LogP contribution in [0.2, 0.25) is 0 Å². The maximum absolute atomic E-state index is 11.6. The van der Waals surface area contributed by atoms with E-state index < -0.39 is 11.9 Å². The predicted octanol–water partition coefficient (Wildman–Crippen LogP) is 2.30. The second-order valence-electron chi connectivity index (χ2n) is 3.45. The molecule has 0 radical (unpaired) electrons. The molecule has 0 aliphatic heterocycles. The van der Waals surface area contributed by atoms with E-state index in [0.717, 1.165) is 11.1 Å². The van der Waals surface area contributed by atoms with Crippen LogP contribution in [0.15, 0.2) is 42.5 Å². The first-order valence-electron chi connectivity index (χ1n) is 4.72. The fourth-order valence-electron chi connectivity index (χ4n) is 1.78. The molecule has 1 aromatic carbocycles. The van der Waals surface area contributed by atoms with Crippen LogP contribution in [0.1, 0.15) is 17.0 Å². The first-order valence-corrected chi connectivity index (χ1v) is 4.72. The van der Waals surface area contributed by atoms with Gasteiger partial charge in [-0.15, -0.1) is 0 Å². The van der Waals surface area contributed by atoms with E-state index in [0.29, 0.717) is 5.57 Å². The molecule has 16 heavy (non-hydrogen) atoms. The number of fused-ring (bicyclic) bond motifs is 1. The van der Waals surface area contributed by atoms with Crippen molar-refractivity contribution in [2.45, 2.75) is 5.92 Å². The zero-order valence-corrected chi connectivity index (χ0v) is 8.42. The first-order chi connectivity index (χ1) is 7.74. The molecule has 0 spiro atoms. The van der Waals surface area contributed by atoms with Crippen LogP contribution in [0, 0.1) is 0 Å². The molecule has 1 aromatic rings.